The maximum atomic E-state index is 5.76. The Hall–Kier alpha value is -0.940. The summed E-state index contributed by atoms with van der Waals surface area (Å²) in [6, 6.07) is 8.04. The molecule has 0 bridgehead atoms. The van der Waals surface area contributed by atoms with Gasteiger partial charge in [-0.25, -0.2) is 19.6 Å². The Morgan fingerprint density at radius 3 is 0.972 bits per heavy atom. The van der Waals surface area contributed by atoms with Gasteiger partial charge in [0.05, 0.1) is 11.2 Å². The number of unbranched alkanes of at least 4 members (excludes halogenated alkanes) is 9. The molecule has 36 heavy (non-hydrogen) atoms. The second kappa shape index (κ2) is 16.8. The van der Waals surface area contributed by atoms with Gasteiger partial charge in [0.25, 0.3) is 0 Å². The van der Waals surface area contributed by atoms with Crippen LogP contribution in [0.1, 0.15) is 158 Å². The smallest absolute Gasteiger partial charge is 0.123 e. The minimum absolute atomic E-state index is 0.381. The van der Waals surface area contributed by atoms with Crippen LogP contribution in [0.25, 0.3) is 0 Å². The Bertz CT molecular complexity index is 621. The lowest BCUT2D eigenvalue weighted by atomic mass is 9.85. The van der Waals surface area contributed by atoms with Crippen LogP contribution in [-0.4, -0.2) is 11.2 Å². The zero-order chi connectivity index (χ0) is 27.9. The van der Waals surface area contributed by atoms with Crippen molar-refractivity contribution in [2.24, 2.45) is 0 Å². The third-order valence-electron chi connectivity index (χ3n) is 5.68. The van der Waals surface area contributed by atoms with Crippen molar-refractivity contribution in [1.29, 1.82) is 0 Å². The van der Waals surface area contributed by atoms with E-state index in [0.29, 0.717) is 0 Å². The standard InChI is InChI=1S/C20H34O4.C12H26/c1-17(2,3)21-23-19(7,8)15-13-11-12-14-16(15)20(9,10)24-22-18(4,5)6;1-3-5-7-9-11-12-10-8-6-4-2/h11-14H,1-10H3;3-12H2,1-2H3. The summed E-state index contributed by atoms with van der Waals surface area (Å²) in [6.07, 6.45) is 14.4. The van der Waals surface area contributed by atoms with Gasteiger partial charge >= 0.3 is 0 Å². The van der Waals surface area contributed by atoms with Gasteiger partial charge < -0.3 is 0 Å². The average Bonchev–Trinajstić information content (AvgIpc) is 2.78. The fourth-order valence-corrected chi connectivity index (χ4v) is 3.64. The molecular weight excluding hydrogens is 448 g/mol. The van der Waals surface area contributed by atoms with Crippen LogP contribution in [0.3, 0.4) is 0 Å². The van der Waals surface area contributed by atoms with Gasteiger partial charge in [0.1, 0.15) is 11.2 Å². The van der Waals surface area contributed by atoms with Crippen LogP contribution >= 0.6 is 0 Å². The first-order valence-electron chi connectivity index (χ1n) is 14.4. The third kappa shape index (κ3) is 16.7. The van der Waals surface area contributed by atoms with Crippen LogP contribution in [0, 0.1) is 0 Å². The van der Waals surface area contributed by atoms with Crippen molar-refractivity contribution >= 4 is 0 Å². The molecule has 0 amide bonds. The van der Waals surface area contributed by atoms with E-state index < -0.39 is 11.2 Å². The maximum absolute atomic E-state index is 5.76. The van der Waals surface area contributed by atoms with Gasteiger partial charge in [0.2, 0.25) is 0 Å². The van der Waals surface area contributed by atoms with E-state index in [0.717, 1.165) is 11.1 Å². The monoisotopic (exact) mass is 508 g/mol. The molecule has 1 aromatic rings. The van der Waals surface area contributed by atoms with E-state index in [1.165, 1.54) is 64.2 Å². The molecule has 0 saturated heterocycles. The molecule has 0 aliphatic heterocycles. The van der Waals surface area contributed by atoms with E-state index in [-0.39, 0.29) is 11.2 Å². The van der Waals surface area contributed by atoms with Gasteiger partial charge in [-0.2, -0.15) is 0 Å². The Labute approximate surface area is 224 Å². The molecule has 0 fully saturated rings. The van der Waals surface area contributed by atoms with Crippen molar-refractivity contribution in [1.82, 2.24) is 0 Å². The predicted molar refractivity (Wildman–Crippen MR) is 154 cm³/mol. The summed E-state index contributed by atoms with van der Waals surface area (Å²) in [7, 11) is 0. The Balaban J connectivity index is 0.000000860. The first-order valence-corrected chi connectivity index (χ1v) is 14.4. The van der Waals surface area contributed by atoms with Gasteiger partial charge in [-0.3, -0.25) is 0 Å². The summed E-state index contributed by atoms with van der Waals surface area (Å²) in [5.74, 6) is 0. The summed E-state index contributed by atoms with van der Waals surface area (Å²) >= 11 is 0. The highest BCUT2D eigenvalue weighted by Gasteiger charge is 2.35. The van der Waals surface area contributed by atoms with Crippen LogP contribution in [0.4, 0.5) is 0 Å². The van der Waals surface area contributed by atoms with Crippen molar-refractivity contribution in [2.45, 2.75) is 170 Å². The summed E-state index contributed by atoms with van der Waals surface area (Å²) in [4.78, 5) is 22.6. The Kier molecular flexibility index (Phi) is 16.4. The van der Waals surface area contributed by atoms with E-state index in [9.17, 15) is 0 Å². The van der Waals surface area contributed by atoms with Crippen LogP contribution < -0.4 is 0 Å². The van der Waals surface area contributed by atoms with Gasteiger partial charge in [-0.05, 0) is 80.4 Å². The molecule has 0 aliphatic carbocycles. The molecule has 0 heterocycles. The summed E-state index contributed by atoms with van der Waals surface area (Å²) in [5.41, 5.74) is -0.0341. The van der Waals surface area contributed by atoms with Crippen LogP contribution in [0.2, 0.25) is 0 Å². The molecular formula is C32H60O4. The minimum atomic E-state index is -0.633. The minimum Gasteiger partial charge on any atom is -0.230 e. The highest BCUT2D eigenvalue weighted by Crippen LogP contribution is 2.37. The maximum Gasteiger partial charge on any atom is 0.123 e. The van der Waals surface area contributed by atoms with E-state index in [2.05, 4.69) is 13.8 Å². The molecule has 0 spiro atoms. The largest absolute Gasteiger partial charge is 0.230 e. The number of hydrogen-bond donors (Lipinski definition) is 0. The van der Waals surface area contributed by atoms with E-state index in [1.807, 2.05) is 93.5 Å². The second-order valence-electron chi connectivity index (χ2n) is 13.0. The Morgan fingerprint density at radius 1 is 0.444 bits per heavy atom. The predicted octanol–water partition coefficient (Wildman–Crippen LogP) is 10.6. The van der Waals surface area contributed by atoms with Gasteiger partial charge in [0, 0.05) is 0 Å². The topological polar surface area (TPSA) is 36.9 Å². The van der Waals surface area contributed by atoms with Crippen molar-refractivity contribution in [3.05, 3.63) is 35.4 Å². The lowest BCUT2D eigenvalue weighted by Crippen LogP contribution is -2.34. The summed E-state index contributed by atoms with van der Waals surface area (Å²) in [6.45, 7) is 24.2. The quantitative estimate of drug-likeness (QED) is 0.134. The van der Waals surface area contributed by atoms with E-state index >= 15 is 0 Å². The van der Waals surface area contributed by atoms with Gasteiger partial charge in [-0.15, -0.1) is 0 Å². The molecule has 212 valence electrons. The average molecular weight is 509 g/mol. The lowest BCUT2D eigenvalue weighted by molar-refractivity contribution is -0.407. The normalized spacial score (nSPS) is 12.9. The van der Waals surface area contributed by atoms with Crippen molar-refractivity contribution in [2.75, 3.05) is 0 Å². The molecule has 0 N–H and O–H groups in total. The highest BCUT2D eigenvalue weighted by atomic mass is 17.2. The highest BCUT2D eigenvalue weighted by molar-refractivity contribution is 5.35. The summed E-state index contributed by atoms with van der Waals surface area (Å²) in [5, 5.41) is 0. The molecule has 1 rings (SSSR count). The molecule has 4 nitrogen and oxygen atoms in total. The Morgan fingerprint density at radius 2 is 0.722 bits per heavy atom. The fraction of sp³-hybridized carbons (Fsp3) is 0.812. The molecule has 1 aromatic carbocycles. The molecule has 0 aromatic heterocycles. The first-order chi connectivity index (χ1) is 16.6. The van der Waals surface area contributed by atoms with Crippen molar-refractivity contribution in [3.8, 4) is 0 Å². The second-order valence-corrected chi connectivity index (χ2v) is 13.0. The van der Waals surface area contributed by atoms with Crippen LogP contribution in [-0.2, 0) is 30.8 Å². The summed E-state index contributed by atoms with van der Waals surface area (Å²) < 4.78 is 0. The fourth-order valence-electron chi connectivity index (χ4n) is 3.64. The molecule has 0 aliphatic rings. The first kappa shape index (κ1) is 35.1. The molecule has 0 saturated carbocycles. The van der Waals surface area contributed by atoms with Gasteiger partial charge in [0.15, 0.2) is 0 Å². The van der Waals surface area contributed by atoms with Crippen LogP contribution in [0.15, 0.2) is 24.3 Å². The van der Waals surface area contributed by atoms with E-state index in [1.54, 1.807) is 0 Å². The third-order valence-corrected chi connectivity index (χ3v) is 5.68. The molecule has 0 radical (unpaired) electrons. The number of hydrogen-bond acceptors (Lipinski definition) is 4. The zero-order valence-corrected chi connectivity index (χ0v) is 26.0. The van der Waals surface area contributed by atoms with E-state index in [4.69, 9.17) is 19.6 Å². The van der Waals surface area contributed by atoms with Crippen molar-refractivity contribution in [3.63, 3.8) is 0 Å². The zero-order valence-electron chi connectivity index (χ0n) is 26.0. The number of rotatable bonds is 15. The molecule has 0 unspecified atom stereocenters. The van der Waals surface area contributed by atoms with Crippen LogP contribution in [0.5, 0.6) is 0 Å². The SMILES string of the molecule is CC(C)(C)OOC(C)(C)c1ccccc1C(C)(C)OOC(C)(C)C.CCCCCCCCCCCC. The lowest BCUT2D eigenvalue weighted by Gasteiger charge is -2.35. The molecule has 0 atom stereocenters. The molecule has 4 heteroatoms. The van der Waals surface area contributed by atoms with Crippen molar-refractivity contribution < 1.29 is 19.6 Å². The number of benzene rings is 1. The van der Waals surface area contributed by atoms with Gasteiger partial charge in [-0.1, -0.05) is 102 Å².